The lowest BCUT2D eigenvalue weighted by atomic mass is 9.81. The minimum absolute atomic E-state index is 0.992. The standard InChI is InChI=1S/C66H44N2/c1-13-29-60-43(17-1)33-34-44-18-2-14-30-61(44)67(60)64-39-37-52(48-21-5-9-25-54(48)64)58-41-47-42-59(51-24-8-12-28-57(51)66(47)56-27-11-7-23-50(56)58)53-38-40-65(55-26-10-6-22-49(53)55)68-62-31-15-3-19-45(62)35-36-46-20-4-16-32-63(46)68/h1-7,9-23,25-42H,8,24H2. The Morgan fingerprint density at radius 3 is 1.16 bits per heavy atom. The summed E-state index contributed by atoms with van der Waals surface area (Å²) in [5, 5.41) is 10.1. The molecular weight excluding hydrogens is 821 g/mol. The normalized spacial score (nSPS) is 13.5. The van der Waals surface area contributed by atoms with Gasteiger partial charge >= 0.3 is 0 Å². The van der Waals surface area contributed by atoms with Crippen LogP contribution in [0.4, 0.5) is 34.1 Å². The van der Waals surface area contributed by atoms with Crippen LogP contribution in [0.1, 0.15) is 39.8 Å². The van der Waals surface area contributed by atoms with Gasteiger partial charge in [-0.25, -0.2) is 0 Å². The molecule has 318 valence electrons. The van der Waals surface area contributed by atoms with Crippen LogP contribution >= 0.6 is 0 Å². The first-order valence-electron chi connectivity index (χ1n) is 23.8. The SMILES string of the molecule is C1=Cc2c(c(-c3ccc(N4c5ccccc5C=Cc5ccccc54)c4ccccc34)cc3cc(-c4ccc(N5c6ccccc6C=Cc6ccccc65)c5ccccc45)c4ccccc4c23)CC1. The number of para-hydroxylation sites is 4. The molecule has 3 aliphatic rings. The fraction of sp³-hybridized carbons (Fsp3) is 0.0303. The first-order chi connectivity index (χ1) is 33.8. The van der Waals surface area contributed by atoms with Crippen molar-refractivity contribution < 1.29 is 0 Å². The molecule has 2 heterocycles. The van der Waals surface area contributed by atoms with Gasteiger partial charge in [-0.05, 0) is 149 Å². The number of allylic oxidation sites excluding steroid dienone is 1. The summed E-state index contributed by atoms with van der Waals surface area (Å²) in [6.07, 6.45) is 15.8. The fourth-order valence-electron chi connectivity index (χ4n) is 11.6. The number of rotatable bonds is 4. The van der Waals surface area contributed by atoms with Gasteiger partial charge in [-0.3, -0.25) is 0 Å². The number of hydrogen-bond acceptors (Lipinski definition) is 2. The average molecular weight is 865 g/mol. The predicted octanol–water partition coefficient (Wildman–Crippen LogP) is 18.5. The lowest BCUT2D eigenvalue weighted by molar-refractivity contribution is 0.992. The predicted molar refractivity (Wildman–Crippen MR) is 292 cm³/mol. The summed E-state index contributed by atoms with van der Waals surface area (Å²) >= 11 is 0. The highest BCUT2D eigenvalue weighted by Crippen LogP contribution is 2.51. The molecule has 68 heavy (non-hydrogen) atoms. The van der Waals surface area contributed by atoms with E-state index < -0.39 is 0 Å². The lowest BCUT2D eigenvalue weighted by Gasteiger charge is -2.29. The zero-order valence-electron chi connectivity index (χ0n) is 37.4. The van der Waals surface area contributed by atoms with E-state index in [9.17, 15) is 0 Å². The molecule has 0 saturated heterocycles. The third-order valence-corrected chi connectivity index (χ3v) is 14.6. The monoisotopic (exact) mass is 864 g/mol. The van der Waals surface area contributed by atoms with Gasteiger partial charge < -0.3 is 9.80 Å². The van der Waals surface area contributed by atoms with Crippen molar-refractivity contribution in [3.63, 3.8) is 0 Å². The van der Waals surface area contributed by atoms with Gasteiger partial charge in [-0.15, -0.1) is 0 Å². The fourth-order valence-corrected chi connectivity index (χ4v) is 11.6. The van der Waals surface area contributed by atoms with Crippen molar-refractivity contribution >= 4 is 108 Å². The maximum atomic E-state index is 2.51. The molecule has 0 unspecified atom stereocenters. The van der Waals surface area contributed by atoms with Crippen molar-refractivity contribution in [3.05, 3.63) is 246 Å². The summed E-state index contributed by atoms with van der Waals surface area (Å²) in [5.74, 6) is 0. The third kappa shape index (κ3) is 5.91. The summed E-state index contributed by atoms with van der Waals surface area (Å²) in [6.45, 7) is 0. The van der Waals surface area contributed by atoms with Crippen LogP contribution in [-0.4, -0.2) is 0 Å². The maximum Gasteiger partial charge on any atom is 0.0540 e. The molecule has 14 rings (SSSR count). The van der Waals surface area contributed by atoms with Crippen molar-refractivity contribution in [2.24, 2.45) is 0 Å². The van der Waals surface area contributed by atoms with E-state index in [1.54, 1.807) is 0 Å². The third-order valence-electron chi connectivity index (χ3n) is 14.6. The van der Waals surface area contributed by atoms with Crippen molar-refractivity contribution in [2.75, 3.05) is 9.80 Å². The first-order valence-corrected chi connectivity index (χ1v) is 23.8. The zero-order chi connectivity index (χ0) is 44.7. The van der Waals surface area contributed by atoms with Crippen LogP contribution in [0.2, 0.25) is 0 Å². The van der Waals surface area contributed by atoms with E-state index in [0.29, 0.717) is 0 Å². The molecule has 1 aliphatic carbocycles. The van der Waals surface area contributed by atoms with Crippen molar-refractivity contribution in [1.29, 1.82) is 0 Å². The van der Waals surface area contributed by atoms with Crippen LogP contribution in [0.25, 0.3) is 95.7 Å². The first kappa shape index (κ1) is 38.5. The molecule has 2 heteroatoms. The molecule has 2 aliphatic heterocycles. The van der Waals surface area contributed by atoms with Gasteiger partial charge in [0.05, 0.1) is 34.1 Å². The zero-order valence-corrected chi connectivity index (χ0v) is 37.4. The minimum Gasteiger partial charge on any atom is -0.309 e. The van der Waals surface area contributed by atoms with E-state index in [-0.39, 0.29) is 0 Å². The molecule has 0 N–H and O–H groups in total. The smallest absolute Gasteiger partial charge is 0.0540 e. The van der Waals surface area contributed by atoms with Crippen LogP contribution < -0.4 is 9.80 Å². The highest BCUT2D eigenvalue weighted by atomic mass is 15.2. The molecule has 11 aromatic rings. The molecule has 0 fully saturated rings. The Morgan fingerprint density at radius 1 is 0.294 bits per heavy atom. The molecular formula is C66H44N2. The van der Waals surface area contributed by atoms with E-state index in [1.165, 1.54) is 133 Å². The Hall–Kier alpha value is -8.72. The molecule has 0 saturated carbocycles. The Kier molecular flexibility index (Phi) is 8.75. The number of anilines is 6. The van der Waals surface area contributed by atoms with Crippen LogP contribution in [0.3, 0.4) is 0 Å². The Labute approximate surface area is 396 Å². The average Bonchev–Trinajstić information content (AvgIpc) is 3.68. The maximum absolute atomic E-state index is 2.51. The van der Waals surface area contributed by atoms with Crippen LogP contribution in [0.5, 0.6) is 0 Å². The molecule has 0 bridgehead atoms. The van der Waals surface area contributed by atoms with E-state index >= 15 is 0 Å². The molecule has 0 spiro atoms. The summed E-state index contributed by atoms with van der Waals surface area (Å²) in [5.41, 5.74) is 19.7. The van der Waals surface area contributed by atoms with Crippen molar-refractivity contribution in [2.45, 2.75) is 12.8 Å². The van der Waals surface area contributed by atoms with Gasteiger partial charge in [0.15, 0.2) is 0 Å². The summed E-state index contributed by atoms with van der Waals surface area (Å²) in [6, 6.07) is 76.6. The van der Waals surface area contributed by atoms with Gasteiger partial charge in [-0.2, -0.15) is 0 Å². The molecule has 0 radical (unpaired) electrons. The summed E-state index contributed by atoms with van der Waals surface area (Å²) in [4.78, 5) is 4.92. The second kappa shape index (κ2) is 15.4. The number of nitrogens with zero attached hydrogens (tertiary/aromatic N) is 2. The largest absolute Gasteiger partial charge is 0.309 e. The van der Waals surface area contributed by atoms with Gasteiger partial charge in [0.2, 0.25) is 0 Å². The number of hydrogen-bond donors (Lipinski definition) is 0. The highest BCUT2D eigenvalue weighted by Gasteiger charge is 2.26. The van der Waals surface area contributed by atoms with Crippen LogP contribution in [0, 0.1) is 0 Å². The van der Waals surface area contributed by atoms with E-state index in [1.807, 2.05) is 0 Å². The lowest BCUT2D eigenvalue weighted by Crippen LogP contribution is -2.12. The van der Waals surface area contributed by atoms with Gasteiger partial charge in [-0.1, -0.05) is 194 Å². The number of benzene rings is 11. The second-order valence-electron chi connectivity index (χ2n) is 18.3. The van der Waals surface area contributed by atoms with Crippen LogP contribution in [0.15, 0.2) is 212 Å². The summed E-state index contributed by atoms with van der Waals surface area (Å²) < 4.78 is 0. The van der Waals surface area contributed by atoms with Gasteiger partial charge in [0.1, 0.15) is 0 Å². The number of fused-ring (bicyclic) bond motifs is 11. The minimum atomic E-state index is 0.992. The van der Waals surface area contributed by atoms with Gasteiger partial charge in [0, 0.05) is 10.8 Å². The van der Waals surface area contributed by atoms with E-state index in [2.05, 4.69) is 253 Å². The molecule has 2 nitrogen and oxygen atoms in total. The highest BCUT2D eigenvalue weighted by molar-refractivity contribution is 6.21. The quantitative estimate of drug-likeness (QED) is 0.163. The summed E-state index contributed by atoms with van der Waals surface area (Å²) in [7, 11) is 0. The van der Waals surface area contributed by atoms with E-state index in [4.69, 9.17) is 0 Å². The van der Waals surface area contributed by atoms with Crippen molar-refractivity contribution in [1.82, 2.24) is 0 Å². The van der Waals surface area contributed by atoms with Crippen LogP contribution in [-0.2, 0) is 6.42 Å². The topological polar surface area (TPSA) is 6.48 Å². The Bertz CT molecular complexity index is 3900. The molecule has 0 amide bonds. The molecule has 0 atom stereocenters. The molecule has 0 aromatic heterocycles. The Balaban J connectivity index is 0.990. The Morgan fingerprint density at radius 2 is 0.676 bits per heavy atom. The molecule has 11 aromatic carbocycles. The second-order valence-corrected chi connectivity index (χ2v) is 18.3. The van der Waals surface area contributed by atoms with E-state index in [0.717, 1.165) is 12.8 Å². The van der Waals surface area contributed by atoms with Crippen molar-refractivity contribution in [3.8, 4) is 22.3 Å². The van der Waals surface area contributed by atoms with Gasteiger partial charge in [0.25, 0.3) is 0 Å².